The normalized spacial score (nSPS) is 12.6. The average molecular weight is 273 g/mol. The smallest absolute Gasteiger partial charge is 0.123 e. The van der Waals surface area contributed by atoms with Crippen LogP contribution < -0.4 is 0 Å². The van der Waals surface area contributed by atoms with E-state index in [4.69, 9.17) is 0 Å². The third-order valence-corrected chi connectivity index (χ3v) is 6.83. The molecular formula is C13H28O2Si2. The van der Waals surface area contributed by atoms with Crippen LogP contribution in [0.5, 0.6) is 0 Å². The molecule has 0 rings (SSSR count). The fourth-order valence-corrected chi connectivity index (χ4v) is 3.35. The van der Waals surface area contributed by atoms with Crippen LogP contribution in [0.25, 0.3) is 0 Å². The number of rotatable bonds is 8. The Hall–Kier alpha value is -0.226. The van der Waals surface area contributed by atoms with Crippen LogP contribution in [0.3, 0.4) is 0 Å². The van der Waals surface area contributed by atoms with Gasteiger partial charge in [0, 0.05) is 12.8 Å². The molecule has 0 aliphatic carbocycles. The predicted octanol–water partition coefficient (Wildman–Crippen LogP) is 3.83. The lowest BCUT2D eigenvalue weighted by Gasteiger charge is -2.15. The first-order valence-electron chi connectivity index (χ1n) is 6.62. The SMILES string of the molecule is C[Si](C)(C)C(=O)CCCCCC(=O)[Si](C)(C)C. The molecular weight excluding hydrogens is 244 g/mol. The molecule has 0 aliphatic heterocycles. The van der Waals surface area contributed by atoms with E-state index in [2.05, 4.69) is 39.3 Å². The van der Waals surface area contributed by atoms with Crippen molar-refractivity contribution in [1.29, 1.82) is 0 Å². The Labute approximate surface area is 108 Å². The number of carbonyl (C=O) groups excluding carboxylic acids is 2. The lowest BCUT2D eigenvalue weighted by molar-refractivity contribution is -0.113. The fourth-order valence-electron chi connectivity index (χ4n) is 1.50. The number of carbonyl (C=O) groups is 2. The van der Waals surface area contributed by atoms with Gasteiger partial charge in [0.25, 0.3) is 0 Å². The maximum absolute atomic E-state index is 11.7. The highest BCUT2D eigenvalue weighted by atomic mass is 28.3. The molecule has 0 saturated carbocycles. The average Bonchev–Trinajstić information content (AvgIpc) is 2.13. The molecule has 0 heterocycles. The third kappa shape index (κ3) is 7.65. The standard InChI is InChI=1S/C13H28O2Si2/c1-16(2,3)12(14)10-8-7-9-11-13(15)17(4,5)6/h7-11H2,1-6H3. The predicted molar refractivity (Wildman–Crippen MR) is 79.8 cm³/mol. The molecule has 17 heavy (non-hydrogen) atoms. The van der Waals surface area contributed by atoms with Crippen LogP contribution >= 0.6 is 0 Å². The quantitative estimate of drug-likeness (QED) is 0.497. The summed E-state index contributed by atoms with van der Waals surface area (Å²) < 4.78 is 0. The monoisotopic (exact) mass is 272 g/mol. The minimum Gasteiger partial charge on any atom is -0.305 e. The van der Waals surface area contributed by atoms with Crippen LogP contribution in [0.1, 0.15) is 32.1 Å². The Balaban J connectivity index is 3.68. The Morgan fingerprint density at radius 3 is 1.18 bits per heavy atom. The molecule has 100 valence electrons. The molecule has 0 unspecified atom stereocenters. The van der Waals surface area contributed by atoms with Gasteiger partial charge in [0.1, 0.15) is 27.0 Å². The first-order valence-corrected chi connectivity index (χ1v) is 13.6. The summed E-state index contributed by atoms with van der Waals surface area (Å²) in [5, 5.41) is 0.933. The molecule has 0 aromatic carbocycles. The van der Waals surface area contributed by atoms with E-state index < -0.39 is 16.1 Å². The van der Waals surface area contributed by atoms with E-state index in [-0.39, 0.29) is 0 Å². The van der Waals surface area contributed by atoms with Gasteiger partial charge < -0.3 is 9.59 Å². The van der Waals surface area contributed by atoms with Crippen LogP contribution in [0.15, 0.2) is 0 Å². The van der Waals surface area contributed by atoms with Gasteiger partial charge in [-0.1, -0.05) is 45.7 Å². The molecule has 0 bridgehead atoms. The van der Waals surface area contributed by atoms with Crippen molar-refractivity contribution in [1.82, 2.24) is 0 Å². The molecule has 0 amide bonds. The molecule has 0 atom stereocenters. The molecule has 0 aliphatic rings. The van der Waals surface area contributed by atoms with Crippen molar-refractivity contribution in [3.63, 3.8) is 0 Å². The first-order chi connectivity index (χ1) is 7.55. The topological polar surface area (TPSA) is 34.1 Å². The van der Waals surface area contributed by atoms with E-state index in [9.17, 15) is 9.59 Å². The Kier molecular flexibility index (Phi) is 6.55. The van der Waals surface area contributed by atoms with Gasteiger partial charge in [-0.05, 0) is 12.8 Å². The zero-order valence-electron chi connectivity index (χ0n) is 12.4. The first kappa shape index (κ1) is 16.8. The zero-order chi connectivity index (χ0) is 13.7. The van der Waals surface area contributed by atoms with Crippen LogP contribution in [0.4, 0.5) is 0 Å². The van der Waals surface area contributed by atoms with E-state index >= 15 is 0 Å². The van der Waals surface area contributed by atoms with Crippen LogP contribution in [-0.2, 0) is 9.59 Å². The van der Waals surface area contributed by atoms with Crippen molar-refractivity contribution < 1.29 is 9.59 Å². The summed E-state index contributed by atoms with van der Waals surface area (Å²) in [5.41, 5.74) is 0. The maximum Gasteiger partial charge on any atom is 0.123 e. The van der Waals surface area contributed by atoms with Gasteiger partial charge in [-0.2, -0.15) is 0 Å². The Morgan fingerprint density at radius 1 is 0.647 bits per heavy atom. The summed E-state index contributed by atoms with van der Waals surface area (Å²) in [6.45, 7) is 12.6. The van der Waals surface area contributed by atoms with Gasteiger partial charge in [-0.3, -0.25) is 0 Å². The van der Waals surface area contributed by atoms with Crippen LogP contribution in [0, 0.1) is 0 Å². The highest BCUT2D eigenvalue weighted by Crippen LogP contribution is 2.13. The number of hydrogen-bond donors (Lipinski definition) is 0. The highest BCUT2D eigenvalue weighted by molar-refractivity contribution is 7.03. The van der Waals surface area contributed by atoms with E-state index in [0.29, 0.717) is 10.8 Å². The lowest BCUT2D eigenvalue weighted by atomic mass is 10.2. The summed E-state index contributed by atoms with van der Waals surface area (Å²) in [5.74, 6) is 0. The largest absolute Gasteiger partial charge is 0.305 e. The number of hydrogen-bond acceptors (Lipinski definition) is 2. The lowest BCUT2D eigenvalue weighted by Crippen LogP contribution is -2.33. The van der Waals surface area contributed by atoms with Gasteiger partial charge >= 0.3 is 0 Å². The third-order valence-electron chi connectivity index (χ3n) is 2.98. The van der Waals surface area contributed by atoms with Crippen molar-refractivity contribution >= 4 is 27.0 Å². The minimum absolute atomic E-state index is 0.467. The second-order valence-electron chi connectivity index (χ2n) is 6.91. The molecule has 2 nitrogen and oxygen atoms in total. The molecule has 0 spiro atoms. The molecule has 0 aromatic heterocycles. The molecule has 0 radical (unpaired) electrons. The Bertz CT molecular complexity index is 244. The summed E-state index contributed by atoms with van der Waals surface area (Å²) >= 11 is 0. The molecule has 0 saturated heterocycles. The van der Waals surface area contributed by atoms with Crippen molar-refractivity contribution in [2.75, 3.05) is 0 Å². The van der Waals surface area contributed by atoms with E-state index in [1.54, 1.807) is 0 Å². The van der Waals surface area contributed by atoms with Gasteiger partial charge in [0.05, 0.1) is 0 Å². The van der Waals surface area contributed by atoms with Crippen molar-refractivity contribution in [3.8, 4) is 0 Å². The van der Waals surface area contributed by atoms with Crippen molar-refractivity contribution in [3.05, 3.63) is 0 Å². The fraction of sp³-hybridized carbons (Fsp3) is 0.846. The van der Waals surface area contributed by atoms with Gasteiger partial charge in [0.15, 0.2) is 0 Å². The van der Waals surface area contributed by atoms with E-state index in [1.165, 1.54) is 0 Å². The molecule has 4 heteroatoms. The highest BCUT2D eigenvalue weighted by Gasteiger charge is 2.24. The van der Waals surface area contributed by atoms with Gasteiger partial charge in [-0.15, -0.1) is 0 Å². The summed E-state index contributed by atoms with van der Waals surface area (Å²) in [4.78, 5) is 23.4. The van der Waals surface area contributed by atoms with E-state index in [0.717, 1.165) is 32.1 Å². The number of unbranched alkanes of at least 4 members (excludes halogenated alkanes) is 2. The van der Waals surface area contributed by atoms with E-state index in [1.807, 2.05) is 0 Å². The van der Waals surface area contributed by atoms with Crippen LogP contribution in [-0.4, -0.2) is 27.0 Å². The van der Waals surface area contributed by atoms with Crippen LogP contribution in [0.2, 0.25) is 39.3 Å². The summed E-state index contributed by atoms with van der Waals surface area (Å²) in [6.07, 6.45) is 4.38. The van der Waals surface area contributed by atoms with Crippen molar-refractivity contribution in [2.24, 2.45) is 0 Å². The minimum atomic E-state index is -1.57. The molecule has 0 fully saturated rings. The summed E-state index contributed by atoms with van der Waals surface area (Å²) in [6, 6.07) is 0. The van der Waals surface area contributed by atoms with Gasteiger partial charge in [0.2, 0.25) is 0 Å². The zero-order valence-corrected chi connectivity index (χ0v) is 14.4. The summed E-state index contributed by atoms with van der Waals surface area (Å²) in [7, 11) is -3.14. The van der Waals surface area contributed by atoms with Crippen molar-refractivity contribution in [2.45, 2.75) is 71.4 Å². The second-order valence-corrected chi connectivity index (χ2v) is 17.0. The Morgan fingerprint density at radius 2 is 0.941 bits per heavy atom. The molecule has 0 aromatic rings. The second kappa shape index (κ2) is 6.64. The molecule has 0 N–H and O–H groups in total. The maximum atomic E-state index is 11.7. The van der Waals surface area contributed by atoms with Gasteiger partial charge in [-0.25, -0.2) is 0 Å².